The van der Waals surface area contributed by atoms with Crippen LogP contribution in [-0.4, -0.2) is 61.6 Å². The summed E-state index contributed by atoms with van der Waals surface area (Å²) in [5.41, 5.74) is 0.777. The molecule has 1 aromatic heterocycles. The molecule has 2 aromatic rings. The third kappa shape index (κ3) is 5.65. The van der Waals surface area contributed by atoms with Gasteiger partial charge in [0.2, 0.25) is 0 Å². The van der Waals surface area contributed by atoms with E-state index in [9.17, 15) is 18.4 Å². The van der Waals surface area contributed by atoms with Crippen molar-refractivity contribution in [1.29, 1.82) is 5.26 Å². The first kappa shape index (κ1) is 23.5. The van der Waals surface area contributed by atoms with E-state index >= 15 is 0 Å². The first-order chi connectivity index (χ1) is 16.0. The average molecular weight is 479 g/mol. The van der Waals surface area contributed by atoms with Crippen molar-refractivity contribution in [2.75, 3.05) is 56.6 Å². The molecule has 176 valence electrons. The van der Waals surface area contributed by atoms with E-state index in [1.807, 2.05) is 6.07 Å². The maximum atomic E-state index is 13.1. The molecular formula is C23H25F3N4O2S. The second kappa shape index (κ2) is 10.5. The molecule has 3 heterocycles. The van der Waals surface area contributed by atoms with Gasteiger partial charge >= 0.3 is 6.18 Å². The number of hydrogen-bond acceptors (Lipinski definition) is 7. The number of halogens is 3. The van der Waals surface area contributed by atoms with E-state index < -0.39 is 11.7 Å². The summed E-state index contributed by atoms with van der Waals surface area (Å²) >= 11 is 1.17. The summed E-state index contributed by atoms with van der Waals surface area (Å²) in [5.74, 6) is 1.79. The summed E-state index contributed by atoms with van der Waals surface area (Å²) in [6.45, 7) is 5.26. The molecule has 0 bridgehead atoms. The monoisotopic (exact) mass is 478 g/mol. The number of anilines is 1. The Bertz CT molecular complexity index is 1000. The minimum Gasteiger partial charge on any atom is -0.485 e. The SMILES string of the molecule is N#Cc1ccc(N2CCN(CCCCSc3ncccc3C(F)(F)F)CC2)c2c1OCCO2. The fraction of sp³-hybridized carbons (Fsp3) is 0.478. The number of benzene rings is 1. The van der Waals surface area contributed by atoms with Crippen molar-refractivity contribution in [1.82, 2.24) is 9.88 Å². The van der Waals surface area contributed by atoms with Gasteiger partial charge in [-0.15, -0.1) is 11.8 Å². The van der Waals surface area contributed by atoms with Crippen molar-refractivity contribution in [3.05, 3.63) is 41.6 Å². The van der Waals surface area contributed by atoms with Crippen molar-refractivity contribution in [3.8, 4) is 17.6 Å². The topological polar surface area (TPSA) is 61.6 Å². The summed E-state index contributed by atoms with van der Waals surface area (Å²) < 4.78 is 50.7. The quantitative estimate of drug-likeness (QED) is 0.431. The van der Waals surface area contributed by atoms with E-state index in [0.717, 1.165) is 57.3 Å². The van der Waals surface area contributed by atoms with E-state index in [1.54, 1.807) is 6.07 Å². The standard InChI is InChI=1S/C23H25F3N4O2S/c24-23(25,26)18-4-3-7-28-22(18)33-15-2-1-8-29-9-11-30(12-10-29)19-6-5-17(16-27)20-21(19)32-14-13-31-20/h3-7H,1-2,8-15H2. The Kier molecular flexibility index (Phi) is 7.50. The molecule has 0 radical (unpaired) electrons. The summed E-state index contributed by atoms with van der Waals surface area (Å²) in [6, 6.07) is 8.25. The third-order valence-corrected chi connectivity index (χ3v) is 6.78. The van der Waals surface area contributed by atoms with Crippen LogP contribution in [0.15, 0.2) is 35.5 Å². The highest BCUT2D eigenvalue weighted by Crippen LogP contribution is 2.42. The number of rotatable bonds is 7. The lowest BCUT2D eigenvalue weighted by molar-refractivity contribution is -0.140. The van der Waals surface area contributed by atoms with Crippen LogP contribution in [0.4, 0.5) is 18.9 Å². The summed E-state index contributed by atoms with van der Waals surface area (Å²) in [6.07, 6.45) is -1.22. The Hall–Kier alpha value is -2.64. The molecule has 6 nitrogen and oxygen atoms in total. The predicted molar refractivity (Wildman–Crippen MR) is 120 cm³/mol. The largest absolute Gasteiger partial charge is 0.485 e. The van der Waals surface area contributed by atoms with E-state index in [1.165, 1.54) is 24.0 Å². The Balaban J connectivity index is 1.23. The Morgan fingerprint density at radius 3 is 2.52 bits per heavy atom. The number of nitrogens with zero attached hydrogens (tertiary/aromatic N) is 4. The molecule has 1 saturated heterocycles. The number of alkyl halides is 3. The smallest absolute Gasteiger partial charge is 0.419 e. The van der Waals surface area contributed by atoms with Crippen molar-refractivity contribution in [3.63, 3.8) is 0 Å². The maximum Gasteiger partial charge on any atom is 0.419 e. The molecule has 0 aliphatic carbocycles. The minimum atomic E-state index is -4.37. The van der Waals surface area contributed by atoms with Crippen LogP contribution in [0.25, 0.3) is 0 Å². The van der Waals surface area contributed by atoms with Gasteiger partial charge in [-0.2, -0.15) is 18.4 Å². The molecule has 10 heteroatoms. The van der Waals surface area contributed by atoms with Crippen LogP contribution in [0, 0.1) is 11.3 Å². The first-order valence-electron chi connectivity index (χ1n) is 10.9. The number of fused-ring (bicyclic) bond motifs is 1. The number of unbranched alkanes of at least 4 members (excludes halogenated alkanes) is 1. The lowest BCUT2D eigenvalue weighted by Crippen LogP contribution is -2.46. The van der Waals surface area contributed by atoms with Crippen LogP contribution in [-0.2, 0) is 6.18 Å². The fourth-order valence-electron chi connectivity index (χ4n) is 4.00. The molecular weight excluding hydrogens is 453 g/mol. The molecule has 33 heavy (non-hydrogen) atoms. The normalized spacial score (nSPS) is 16.5. The molecule has 4 rings (SSSR count). The van der Waals surface area contributed by atoms with Crippen molar-refractivity contribution >= 4 is 17.4 Å². The van der Waals surface area contributed by atoms with Crippen molar-refractivity contribution in [2.24, 2.45) is 0 Å². The molecule has 0 atom stereocenters. The third-order valence-electron chi connectivity index (χ3n) is 5.68. The van der Waals surface area contributed by atoms with Crippen LogP contribution in [0.5, 0.6) is 11.5 Å². The van der Waals surface area contributed by atoms with Crippen LogP contribution in [0.1, 0.15) is 24.0 Å². The van der Waals surface area contributed by atoms with Gasteiger partial charge in [-0.25, -0.2) is 4.98 Å². The lowest BCUT2D eigenvalue weighted by Gasteiger charge is -2.37. The van der Waals surface area contributed by atoms with Gasteiger partial charge in [0.05, 0.1) is 16.8 Å². The second-order valence-electron chi connectivity index (χ2n) is 7.84. The summed E-state index contributed by atoms with van der Waals surface area (Å²) in [7, 11) is 0. The molecule has 2 aliphatic rings. The van der Waals surface area contributed by atoms with E-state index in [4.69, 9.17) is 9.47 Å². The van der Waals surface area contributed by atoms with E-state index in [-0.39, 0.29) is 5.03 Å². The van der Waals surface area contributed by atoms with Gasteiger partial charge < -0.3 is 14.4 Å². The summed E-state index contributed by atoms with van der Waals surface area (Å²) in [4.78, 5) is 8.52. The van der Waals surface area contributed by atoms with Crippen LogP contribution >= 0.6 is 11.8 Å². The molecule has 0 unspecified atom stereocenters. The van der Waals surface area contributed by atoms with Gasteiger partial charge in [-0.3, -0.25) is 4.90 Å². The highest BCUT2D eigenvalue weighted by molar-refractivity contribution is 7.99. The highest BCUT2D eigenvalue weighted by atomic mass is 32.2. The second-order valence-corrected chi connectivity index (χ2v) is 8.92. The number of piperazine rings is 1. The Morgan fingerprint density at radius 2 is 1.79 bits per heavy atom. The van der Waals surface area contributed by atoms with Crippen molar-refractivity contribution in [2.45, 2.75) is 24.0 Å². The molecule has 2 aliphatic heterocycles. The van der Waals surface area contributed by atoms with Gasteiger partial charge in [0.1, 0.15) is 24.3 Å². The van der Waals surface area contributed by atoms with Gasteiger partial charge in [0.25, 0.3) is 0 Å². The predicted octanol–water partition coefficient (Wildman–Crippen LogP) is 4.44. The molecule has 1 aromatic carbocycles. The van der Waals surface area contributed by atoms with Gasteiger partial charge in [0.15, 0.2) is 11.5 Å². The number of pyridine rings is 1. The van der Waals surface area contributed by atoms with Crippen LogP contribution in [0.2, 0.25) is 0 Å². The first-order valence-corrected chi connectivity index (χ1v) is 11.9. The van der Waals surface area contributed by atoms with E-state index in [0.29, 0.717) is 36.0 Å². The van der Waals surface area contributed by atoms with Crippen molar-refractivity contribution < 1.29 is 22.6 Å². The zero-order valence-electron chi connectivity index (χ0n) is 18.1. The van der Waals surface area contributed by atoms with Crippen LogP contribution in [0.3, 0.4) is 0 Å². The molecule has 0 amide bonds. The minimum absolute atomic E-state index is 0.0514. The van der Waals surface area contributed by atoms with Gasteiger partial charge in [-0.1, -0.05) is 0 Å². The number of aromatic nitrogens is 1. The number of nitriles is 1. The molecule has 0 saturated carbocycles. The average Bonchev–Trinajstić information content (AvgIpc) is 2.83. The number of thioether (sulfide) groups is 1. The fourth-order valence-corrected chi connectivity index (χ4v) is 5.02. The molecule has 1 fully saturated rings. The highest BCUT2D eigenvalue weighted by Gasteiger charge is 2.34. The van der Waals surface area contributed by atoms with Gasteiger partial charge in [0, 0.05) is 32.4 Å². The Labute approximate surface area is 195 Å². The zero-order valence-corrected chi connectivity index (χ0v) is 18.9. The number of hydrogen-bond donors (Lipinski definition) is 0. The maximum absolute atomic E-state index is 13.1. The number of ether oxygens (including phenoxy) is 2. The lowest BCUT2D eigenvalue weighted by atomic mass is 10.1. The van der Waals surface area contributed by atoms with Gasteiger partial charge in [-0.05, 0) is 49.4 Å². The zero-order chi connectivity index (χ0) is 23.3. The van der Waals surface area contributed by atoms with Crippen LogP contribution < -0.4 is 14.4 Å². The summed E-state index contributed by atoms with van der Waals surface area (Å²) in [5, 5.41) is 9.35. The Morgan fingerprint density at radius 1 is 1.03 bits per heavy atom. The molecule has 0 spiro atoms. The molecule has 0 N–H and O–H groups in total. The van der Waals surface area contributed by atoms with E-state index in [2.05, 4.69) is 20.9 Å².